The van der Waals surface area contributed by atoms with Crippen molar-refractivity contribution in [3.8, 4) is 0 Å². The van der Waals surface area contributed by atoms with Gasteiger partial charge in [-0.05, 0) is 38.9 Å². The number of hydrogen-bond acceptors (Lipinski definition) is 8. The van der Waals surface area contributed by atoms with Crippen molar-refractivity contribution in [2.45, 2.75) is 23.3 Å². The van der Waals surface area contributed by atoms with E-state index in [9.17, 15) is 19.8 Å². The fourth-order valence-corrected chi connectivity index (χ4v) is 9.41. The van der Waals surface area contributed by atoms with Crippen molar-refractivity contribution in [2.75, 3.05) is 5.32 Å². The summed E-state index contributed by atoms with van der Waals surface area (Å²) in [5, 5.41) is 34.7. The van der Waals surface area contributed by atoms with Crippen molar-refractivity contribution < 1.29 is 19.8 Å². The highest BCUT2D eigenvalue weighted by Crippen LogP contribution is 2.45. The molecule has 0 bridgehead atoms. The number of nitrogens with one attached hydrogen (secondary N) is 1. The molecular formula is C56H44N4O5S. The summed E-state index contributed by atoms with van der Waals surface area (Å²) in [6, 6.07) is 70.1. The third kappa shape index (κ3) is 8.70. The van der Waals surface area contributed by atoms with Crippen LogP contribution in [0, 0.1) is 0 Å². The molecule has 0 aliphatic heterocycles. The van der Waals surface area contributed by atoms with E-state index < -0.39 is 40.4 Å². The minimum Gasteiger partial charge on any atom is -0.476 e. The molecule has 0 saturated carbocycles. The normalized spacial score (nSPS) is 12.7. The molecule has 0 spiro atoms. The van der Waals surface area contributed by atoms with Gasteiger partial charge in [0, 0.05) is 23.7 Å². The van der Waals surface area contributed by atoms with E-state index in [4.69, 9.17) is 9.82 Å². The van der Waals surface area contributed by atoms with Gasteiger partial charge in [0.2, 0.25) is 5.71 Å². The predicted octanol–water partition coefficient (Wildman–Crippen LogP) is 10.8. The van der Waals surface area contributed by atoms with Crippen molar-refractivity contribution in [1.82, 2.24) is 9.55 Å². The van der Waals surface area contributed by atoms with Crippen LogP contribution < -0.4 is 10.7 Å². The van der Waals surface area contributed by atoms with Crippen molar-refractivity contribution in [1.29, 1.82) is 0 Å². The second-order valence-electron chi connectivity index (χ2n) is 15.7. The maximum absolute atomic E-state index is 13.7. The van der Waals surface area contributed by atoms with Gasteiger partial charge >= 0.3 is 5.97 Å². The van der Waals surface area contributed by atoms with E-state index in [2.05, 4.69) is 10.5 Å². The zero-order chi connectivity index (χ0) is 45.4. The lowest BCUT2D eigenvalue weighted by Gasteiger charge is -2.38. The summed E-state index contributed by atoms with van der Waals surface area (Å²) in [7, 11) is 0. The molecule has 7 aromatic carbocycles. The number of oxime groups is 1. The number of thiazole rings is 1. The molecule has 9 rings (SSSR count). The van der Waals surface area contributed by atoms with Crippen LogP contribution in [-0.2, 0) is 21.0 Å². The number of pyridine rings is 1. The van der Waals surface area contributed by atoms with Crippen molar-refractivity contribution in [3.05, 3.63) is 297 Å². The first kappa shape index (κ1) is 43.1. The lowest BCUT2D eigenvalue weighted by Crippen LogP contribution is -2.41. The number of aliphatic carboxylic acids is 1. The van der Waals surface area contributed by atoms with E-state index in [-0.39, 0.29) is 11.4 Å². The van der Waals surface area contributed by atoms with Gasteiger partial charge in [0.25, 0.3) is 5.79 Å². The molecule has 1 atom stereocenters. The summed E-state index contributed by atoms with van der Waals surface area (Å²) in [6.07, 6.45) is 1.63. The highest BCUT2D eigenvalue weighted by atomic mass is 32.1. The Morgan fingerprint density at radius 2 is 1.02 bits per heavy atom. The Kier molecular flexibility index (Phi) is 12.6. The lowest BCUT2D eigenvalue weighted by atomic mass is 9.77. The first-order valence-corrected chi connectivity index (χ1v) is 22.3. The summed E-state index contributed by atoms with van der Waals surface area (Å²) in [6.45, 7) is 0. The van der Waals surface area contributed by atoms with Crippen LogP contribution in [0.1, 0.15) is 62.3 Å². The number of rotatable bonds is 16. The van der Waals surface area contributed by atoms with Crippen LogP contribution in [0.2, 0.25) is 0 Å². The Balaban J connectivity index is 1.21. The van der Waals surface area contributed by atoms with E-state index >= 15 is 0 Å². The van der Waals surface area contributed by atoms with Crippen LogP contribution in [0.25, 0.3) is 0 Å². The molecule has 0 fully saturated rings. The fraction of sp³-hybridized carbons (Fsp3) is 0.0714. The van der Waals surface area contributed by atoms with Gasteiger partial charge in [-0.25, -0.2) is 9.78 Å². The molecule has 10 heteroatoms. The Morgan fingerprint density at radius 1 is 0.606 bits per heavy atom. The molecule has 2 heterocycles. The number of aromatic nitrogens is 2. The van der Waals surface area contributed by atoms with Crippen LogP contribution in [0.5, 0.6) is 0 Å². The van der Waals surface area contributed by atoms with Gasteiger partial charge in [-0.3, -0.25) is 4.79 Å². The number of nitrogens with zero attached hydrogens (tertiary/aromatic N) is 3. The van der Waals surface area contributed by atoms with Gasteiger partial charge in [0.05, 0.1) is 17.7 Å². The maximum atomic E-state index is 13.7. The summed E-state index contributed by atoms with van der Waals surface area (Å²) in [4.78, 5) is 38.4. The van der Waals surface area contributed by atoms with Crippen LogP contribution in [0.15, 0.2) is 246 Å². The van der Waals surface area contributed by atoms with Crippen LogP contribution in [0.3, 0.4) is 0 Å². The third-order valence-corrected chi connectivity index (χ3v) is 12.4. The first-order chi connectivity index (χ1) is 32.3. The molecular weight excluding hydrogens is 841 g/mol. The SMILES string of the molecule is O=C(O)/C(=N\OC(O)(c1cc(=O)ccn1C(c1ccccc1)c1ccccc1)C(c1ccccc1)c1ccccc1)c1csc(NC(c2ccccc2)(c2ccccc2)c2ccccc2)n1. The molecule has 324 valence electrons. The van der Waals surface area contributed by atoms with Crippen LogP contribution >= 0.6 is 11.3 Å². The Morgan fingerprint density at radius 3 is 1.44 bits per heavy atom. The van der Waals surface area contributed by atoms with E-state index in [0.717, 1.165) is 27.8 Å². The molecule has 3 N–H and O–H groups in total. The molecule has 0 aliphatic rings. The lowest BCUT2D eigenvalue weighted by molar-refractivity contribution is -0.227. The second kappa shape index (κ2) is 19.3. The fourth-order valence-electron chi connectivity index (χ4n) is 8.66. The zero-order valence-electron chi connectivity index (χ0n) is 35.5. The second-order valence-corrected chi connectivity index (χ2v) is 16.5. The summed E-state index contributed by atoms with van der Waals surface area (Å²) < 4.78 is 1.79. The standard InChI is InChI=1S/C56H44N4O5S/c61-47-36-37-60(52(42-26-12-3-13-27-42)43-28-14-4-15-29-43)49(38-47)56(64,50(40-22-8-1-9-23-40)41-24-10-2-11-25-41)65-59-51(53(62)63)48-39-66-54(57-48)58-55(44-30-16-5-17-31-44,45-32-18-6-19-33-45)46-34-20-7-21-35-46/h1-39,50,52,64H,(H,57,58)(H,62,63)/b59-51-. The molecule has 66 heavy (non-hydrogen) atoms. The first-order valence-electron chi connectivity index (χ1n) is 21.4. The van der Waals surface area contributed by atoms with E-state index in [1.165, 1.54) is 23.5 Å². The number of hydrogen-bond donors (Lipinski definition) is 3. The summed E-state index contributed by atoms with van der Waals surface area (Å²) in [5.41, 5.74) is 3.90. The van der Waals surface area contributed by atoms with Gasteiger partial charge < -0.3 is 24.9 Å². The van der Waals surface area contributed by atoms with Gasteiger partial charge in [0.15, 0.2) is 10.6 Å². The Hall–Kier alpha value is -8.18. The van der Waals surface area contributed by atoms with E-state index in [0.29, 0.717) is 16.3 Å². The average molecular weight is 885 g/mol. The number of carbonyl (C=O) groups is 1. The molecule has 1 unspecified atom stereocenters. The minimum atomic E-state index is -2.52. The summed E-state index contributed by atoms with van der Waals surface area (Å²) >= 11 is 1.21. The molecule has 0 amide bonds. The number of carboxylic acids is 1. The van der Waals surface area contributed by atoms with Crippen LogP contribution in [-0.4, -0.2) is 31.4 Å². The van der Waals surface area contributed by atoms with E-state index in [1.807, 2.05) is 212 Å². The smallest absolute Gasteiger partial charge is 0.360 e. The van der Waals surface area contributed by atoms with Gasteiger partial charge in [-0.15, -0.1) is 11.3 Å². The molecule has 9 aromatic rings. The van der Waals surface area contributed by atoms with Crippen molar-refractivity contribution >= 4 is 28.1 Å². The highest BCUT2D eigenvalue weighted by Gasteiger charge is 2.47. The minimum absolute atomic E-state index is 0.00620. The molecule has 9 nitrogen and oxygen atoms in total. The zero-order valence-corrected chi connectivity index (χ0v) is 36.4. The van der Waals surface area contributed by atoms with Gasteiger partial charge in [-0.2, -0.15) is 0 Å². The monoisotopic (exact) mass is 884 g/mol. The predicted molar refractivity (Wildman–Crippen MR) is 260 cm³/mol. The van der Waals surface area contributed by atoms with Crippen molar-refractivity contribution in [2.24, 2.45) is 5.16 Å². The molecule has 0 saturated heterocycles. The van der Waals surface area contributed by atoms with Gasteiger partial charge in [-0.1, -0.05) is 217 Å². The largest absolute Gasteiger partial charge is 0.476 e. The number of anilines is 1. The maximum Gasteiger partial charge on any atom is 0.360 e. The average Bonchev–Trinajstić information content (AvgIpc) is 3.83. The van der Waals surface area contributed by atoms with E-state index in [1.54, 1.807) is 16.1 Å². The number of benzene rings is 7. The Bertz CT molecular complexity index is 2920. The molecule has 0 aliphatic carbocycles. The summed E-state index contributed by atoms with van der Waals surface area (Å²) in [5.74, 6) is -5.01. The highest BCUT2D eigenvalue weighted by molar-refractivity contribution is 7.14. The molecule has 0 radical (unpaired) electrons. The van der Waals surface area contributed by atoms with Crippen molar-refractivity contribution in [3.63, 3.8) is 0 Å². The third-order valence-electron chi connectivity index (χ3n) is 11.6. The van der Waals surface area contributed by atoms with Crippen LogP contribution in [0.4, 0.5) is 5.13 Å². The van der Waals surface area contributed by atoms with Gasteiger partial charge in [0.1, 0.15) is 11.2 Å². The number of aliphatic hydroxyl groups is 1. The quantitative estimate of drug-likeness (QED) is 0.0382. The molecule has 2 aromatic heterocycles. The topological polar surface area (TPSA) is 126 Å². The Labute approximate surface area is 386 Å². The number of carboxylic acid groups (broad SMARTS) is 1.